The SMILES string of the molecule is Cc1ccc(OC2(O)CCCC2)cc1. The minimum Gasteiger partial charge on any atom is -0.463 e. The molecule has 0 spiro atoms. The van der Waals surface area contributed by atoms with Crippen molar-refractivity contribution < 1.29 is 9.84 Å². The smallest absolute Gasteiger partial charge is 0.208 e. The van der Waals surface area contributed by atoms with Gasteiger partial charge < -0.3 is 9.84 Å². The van der Waals surface area contributed by atoms with Gasteiger partial charge in [0.1, 0.15) is 5.75 Å². The molecule has 1 saturated carbocycles. The molecule has 1 fully saturated rings. The average Bonchev–Trinajstić information content (AvgIpc) is 2.57. The van der Waals surface area contributed by atoms with E-state index in [-0.39, 0.29) is 0 Å². The summed E-state index contributed by atoms with van der Waals surface area (Å²) in [6.45, 7) is 2.04. The molecule has 0 unspecified atom stereocenters. The first kappa shape index (κ1) is 9.53. The number of hydrogen-bond donors (Lipinski definition) is 1. The van der Waals surface area contributed by atoms with E-state index >= 15 is 0 Å². The van der Waals surface area contributed by atoms with Crippen LogP contribution in [-0.2, 0) is 0 Å². The van der Waals surface area contributed by atoms with Gasteiger partial charge in [-0.05, 0) is 31.9 Å². The van der Waals surface area contributed by atoms with Crippen molar-refractivity contribution in [3.8, 4) is 5.75 Å². The highest BCUT2D eigenvalue weighted by Crippen LogP contribution is 2.31. The normalized spacial score (nSPS) is 19.6. The van der Waals surface area contributed by atoms with Gasteiger partial charge in [-0.2, -0.15) is 0 Å². The van der Waals surface area contributed by atoms with Gasteiger partial charge >= 0.3 is 0 Å². The molecule has 14 heavy (non-hydrogen) atoms. The summed E-state index contributed by atoms with van der Waals surface area (Å²) in [5.74, 6) is -0.144. The fourth-order valence-electron chi connectivity index (χ4n) is 1.86. The van der Waals surface area contributed by atoms with Crippen molar-refractivity contribution in [2.75, 3.05) is 0 Å². The quantitative estimate of drug-likeness (QED) is 0.730. The minimum atomic E-state index is -0.907. The Kier molecular flexibility index (Phi) is 2.46. The fourth-order valence-corrected chi connectivity index (χ4v) is 1.86. The van der Waals surface area contributed by atoms with Crippen molar-refractivity contribution in [3.63, 3.8) is 0 Å². The Morgan fingerprint density at radius 1 is 1.14 bits per heavy atom. The molecule has 76 valence electrons. The molecule has 2 nitrogen and oxygen atoms in total. The first-order valence-corrected chi connectivity index (χ1v) is 5.16. The van der Waals surface area contributed by atoms with Crippen LogP contribution in [0.2, 0.25) is 0 Å². The summed E-state index contributed by atoms with van der Waals surface area (Å²) in [5.41, 5.74) is 1.20. The molecule has 1 aliphatic carbocycles. The maximum Gasteiger partial charge on any atom is 0.208 e. The zero-order valence-corrected chi connectivity index (χ0v) is 8.49. The molecule has 0 saturated heterocycles. The lowest BCUT2D eigenvalue weighted by atomic mass is 10.2. The zero-order chi connectivity index (χ0) is 10.0. The fraction of sp³-hybridized carbons (Fsp3) is 0.500. The predicted octanol–water partition coefficient (Wildman–Crippen LogP) is 2.64. The number of rotatable bonds is 2. The van der Waals surface area contributed by atoms with Crippen LogP contribution >= 0.6 is 0 Å². The molecule has 0 aliphatic heterocycles. The molecular weight excluding hydrogens is 176 g/mol. The number of benzene rings is 1. The Bertz CT molecular complexity index is 297. The molecule has 0 aromatic heterocycles. The van der Waals surface area contributed by atoms with Crippen LogP contribution in [0.15, 0.2) is 24.3 Å². The van der Waals surface area contributed by atoms with Gasteiger partial charge in [0, 0.05) is 12.8 Å². The van der Waals surface area contributed by atoms with E-state index in [2.05, 4.69) is 0 Å². The van der Waals surface area contributed by atoms with Crippen molar-refractivity contribution in [2.45, 2.75) is 38.4 Å². The molecule has 1 aliphatic rings. The average molecular weight is 192 g/mol. The second kappa shape index (κ2) is 3.62. The van der Waals surface area contributed by atoms with E-state index < -0.39 is 5.79 Å². The molecule has 0 atom stereocenters. The lowest BCUT2D eigenvalue weighted by molar-refractivity contribution is -0.130. The number of aliphatic hydroxyl groups is 1. The van der Waals surface area contributed by atoms with Crippen LogP contribution in [0, 0.1) is 6.92 Å². The van der Waals surface area contributed by atoms with Gasteiger partial charge in [0.2, 0.25) is 5.79 Å². The van der Waals surface area contributed by atoms with Crippen LogP contribution in [0.3, 0.4) is 0 Å². The van der Waals surface area contributed by atoms with E-state index in [1.54, 1.807) is 0 Å². The third-order valence-corrected chi connectivity index (χ3v) is 2.71. The van der Waals surface area contributed by atoms with E-state index in [1.165, 1.54) is 5.56 Å². The summed E-state index contributed by atoms with van der Waals surface area (Å²) in [6, 6.07) is 7.80. The van der Waals surface area contributed by atoms with Gasteiger partial charge in [-0.1, -0.05) is 17.7 Å². The van der Waals surface area contributed by atoms with E-state index in [9.17, 15) is 5.11 Å². The summed E-state index contributed by atoms with van der Waals surface area (Å²) < 4.78 is 5.57. The Labute approximate surface area is 84.5 Å². The van der Waals surface area contributed by atoms with Crippen LogP contribution in [0.25, 0.3) is 0 Å². The molecule has 0 amide bonds. The van der Waals surface area contributed by atoms with Gasteiger partial charge in [0.25, 0.3) is 0 Å². The molecular formula is C12H16O2. The van der Waals surface area contributed by atoms with Crippen LogP contribution in [0.4, 0.5) is 0 Å². The Morgan fingerprint density at radius 3 is 2.29 bits per heavy atom. The highest BCUT2D eigenvalue weighted by atomic mass is 16.6. The number of aryl methyl sites for hydroxylation is 1. The standard InChI is InChI=1S/C12H16O2/c1-10-4-6-11(7-5-10)14-12(13)8-2-3-9-12/h4-7,13H,2-3,8-9H2,1H3. The van der Waals surface area contributed by atoms with Crippen LogP contribution in [0.5, 0.6) is 5.75 Å². The largest absolute Gasteiger partial charge is 0.463 e. The summed E-state index contributed by atoms with van der Waals surface area (Å²) in [5, 5.41) is 9.99. The van der Waals surface area contributed by atoms with Gasteiger partial charge in [-0.15, -0.1) is 0 Å². The van der Waals surface area contributed by atoms with Gasteiger partial charge in [0.15, 0.2) is 0 Å². The van der Waals surface area contributed by atoms with E-state index in [0.717, 1.165) is 31.4 Å². The zero-order valence-electron chi connectivity index (χ0n) is 8.49. The molecule has 1 aromatic carbocycles. The second-order valence-electron chi connectivity index (χ2n) is 4.07. The Morgan fingerprint density at radius 2 is 1.71 bits per heavy atom. The molecule has 0 bridgehead atoms. The van der Waals surface area contributed by atoms with Crippen molar-refractivity contribution in [1.82, 2.24) is 0 Å². The van der Waals surface area contributed by atoms with Crippen LogP contribution < -0.4 is 4.74 Å². The summed E-state index contributed by atoms with van der Waals surface area (Å²) in [6.07, 6.45) is 3.62. The maximum absolute atomic E-state index is 9.99. The van der Waals surface area contributed by atoms with Crippen molar-refractivity contribution in [3.05, 3.63) is 29.8 Å². The molecule has 1 aromatic rings. The Hall–Kier alpha value is -1.02. The minimum absolute atomic E-state index is 0.751. The molecule has 1 N–H and O–H groups in total. The van der Waals surface area contributed by atoms with Crippen molar-refractivity contribution in [1.29, 1.82) is 0 Å². The van der Waals surface area contributed by atoms with Gasteiger partial charge in [-0.25, -0.2) is 0 Å². The third kappa shape index (κ3) is 2.07. The van der Waals surface area contributed by atoms with Crippen LogP contribution in [-0.4, -0.2) is 10.9 Å². The lowest BCUT2D eigenvalue weighted by Crippen LogP contribution is -2.31. The van der Waals surface area contributed by atoms with E-state index in [4.69, 9.17) is 4.74 Å². The van der Waals surface area contributed by atoms with Crippen molar-refractivity contribution >= 4 is 0 Å². The van der Waals surface area contributed by atoms with Crippen LogP contribution in [0.1, 0.15) is 31.2 Å². The highest BCUT2D eigenvalue weighted by Gasteiger charge is 2.33. The maximum atomic E-state index is 9.99. The summed E-state index contributed by atoms with van der Waals surface area (Å²) >= 11 is 0. The van der Waals surface area contributed by atoms with Gasteiger partial charge in [-0.3, -0.25) is 0 Å². The topological polar surface area (TPSA) is 29.5 Å². The first-order valence-electron chi connectivity index (χ1n) is 5.16. The molecule has 0 heterocycles. The van der Waals surface area contributed by atoms with E-state index in [0.29, 0.717) is 0 Å². The molecule has 2 rings (SSSR count). The Balaban J connectivity index is 2.06. The first-order chi connectivity index (χ1) is 6.68. The molecule has 0 radical (unpaired) electrons. The second-order valence-corrected chi connectivity index (χ2v) is 4.07. The van der Waals surface area contributed by atoms with E-state index in [1.807, 2.05) is 31.2 Å². The highest BCUT2D eigenvalue weighted by molar-refractivity contribution is 5.26. The summed E-state index contributed by atoms with van der Waals surface area (Å²) in [4.78, 5) is 0. The summed E-state index contributed by atoms with van der Waals surface area (Å²) in [7, 11) is 0. The lowest BCUT2D eigenvalue weighted by Gasteiger charge is -2.23. The number of hydrogen-bond acceptors (Lipinski definition) is 2. The number of ether oxygens (including phenoxy) is 1. The predicted molar refractivity (Wildman–Crippen MR) is 55.2 cm³/mol. The van der Waals surface area contributed by atoms with Gasteiger partial charge in [0.05, 0.1) is 0 Å². The molecule has 2 heteroatoms. The monoisotopic (exact) mass is 192 g/mol. The van der Waals surface area contributed by atoms with Crippen molar-refractivity contribution in [2.24, 2.45) is 0 Å². The third-order valence-electron chi connectivity index (χ3n) is 2.71.